The maximum Gasteiger partial charge on any atom is 0.220 e. The van der Waals surface area contributed by atoms with Crippen molar-refractivity contribution in [1.82, 2.24) is 5.32 Å². The first-order valence-electron chi connectivity index (χ1n) is 7.66. The van der Waals surface area contributed by atoms with Crippen LogP contribution in [-0.4, -0.2) is 17.1 Å². The van der Waals surface area contributed by atoms with Gasteiger partial charge in [0.05, 0.1) is 6.04 Å². The van der Waals surface area contributed by atoms with Crippen molar-refractivity contribution in [3.05, 3.63) is 70.8 Å². The van der Waals surface area contributed by atoms with Crippen LogP contribution in [0.5, 0.6) is 0 Å². The molecule has 1 heterocycles. The van der Waals surface area contributed by atoms with E-state index in [9.17, 15) is 9.90 Å². The van der Waals surface area contributed by atoms with Gasteiger partial charge >= 0.3 is 0 Å². The molecule has 2 N–H and O–H groups in total. The minimum Gasteiger partial charge on any atom is -0.378 e. The lowest BCUT2D eigenvalue weighted by Crippen LogP contribution is -2.47. The molecule has 3 heteroatoms. The van der Waals surface area contributed by atoms with Gasteiger partial charge in [0.2, 0.25) is 5.91 Å². The number of rotatable bonds is 3. The molecule has 2 aromatic rings. The highest BCUT2D eigenvalue weighted by Crippen LogP contribution is 2.37. The Bertz CT molecular complexity index is 628. The molecule has 1 fully saturated rings. The van der Waals surface area contributed by atoms with E-state index in [2.05, 4.69) is 5.32 Å². The molecule has 22 heavy (non-hydrogen) atoms. The Labute approximate surface area is 131 Å². The van der Waals surface area contributed by atoms with E-state index >= 15 is 0 Å². The summed E-state index contributed by atoms with van der Waals surface area (Å²) in [4.78, 5) is 11.6. The summed E-state index contributed by atoms with van der Waals surface area (Å²) in [5, 5.41) is 14.5. The lowest BCUT2D eigenvalue weighted by atomic mass is 9.79. The van der Waals surface area contributed by atoms with Crippen LogP contribution in [0, 0.1) is 13.8 Å². The Morgan fingerprint density at radius 3 is 1.77 bits per heavy atom. The van der Waals surface area contributed by atoms with Crippen molar-refractivity contribution >= 4 is 5.91 Å². The molecule has 0 bridgehead atoms. The largest absolute Gasteiger partial charge is 0.378 e. The predicted molar refractivity (Wildman–Crippen MR) is 86.5 cm³/mol. The molecule has 1 saturated heterocycles. The number of nitrogens with one attached hydrogen (secondary N) is 1. The third kappa shape index (κ3) is 2.53. The summed E-state index contributed by atoms with van der Waals surface area (Å²) < 4.78 is 0. The molecule has 3 rings (SSSR count). The molecule has 1 atom stereocenters. The summed E-state index contributed by atoms with van der Waals surface area (Å²) in [6, 6.07) is 15.4. The van der Waals surface area contributed by atoms with Crippen LogP contribution in [0.1, 0.15) is 35.1 Å². The van der Waals surface area contributed by atoms with Gasteiger partial charge in [0.15, 0.2) is 0 Å². The molecule has 0 saturated carbocycles. The quantitative estimate of drug-likeness (QED) is 0.915. The summed E-state index contributed by atoms with van der Waals surface area (Å²) >= 11 is 0. The first kappa shape index (κ1) is 14.8. The minimum atomic E-state index is -1.20. The number of aryl methyl sites for hydroxylation is 2. The first-order valence-corrected chi connectivity index (χ1v) is 7.66. The van der Waals surface area contributed by atoms with Gasteiger partial charge in [0.25, 0.3) is 0 Å². The second-order valence-electron chi connectivity index (χ2n) is 6.16. The van der Waals surface area contributed by atoms with E-state index in [1.54, 1.807) is 0 Å². The Morgan fingerprint density at radius 1 is 0.955 bits per heavy atom. The van der Waals surface area contributed by atoms with Gasteiger partial charge in [0.1, 0.15) is 5.60 Å². The molecular formula is C19H21NO2. The smallest absolute Gasteiger partial charge is 0.220 e. The van der Waals surface area contributed by atoms with Crippen LogP contribution >= 0.6 is 0 Å². The van der Waals surface area contributed by atoms with Gasteiger partial charge in [-0.3, -0.25) is 4.79 Å². The van der Waals surface area contributed by atoms with E-state index in [0.29, 0.717) is 12.8 Å². The predicted octanol–water partition coefficient (Wildman–Crippen LogP) is 2.82. The molecule has 0 unspecified atom stereocenters. The summed E-state index contributed by atoms with van der Waals surface area (Å²) in [6.07, 6.45) is 1.10. The summed E-state index contributed by atoms with van der Waals surface area (Å²) in [5.41, 5.74) is 2.72. The maximum atomic E-state index is 11.6. The summed E-state index contributed by atoms with van der Waals surface area (Å²) in [5.74, 6) is 0.00245. The minimum absolute atomic E-state index is 0.00245. The van der Waals surface area contributed by atoms with Crippen LogP contribution in [-0.2, 0) is 10.4 Å². The number of amides is 1. The standard InChI is InChI=1S/C19H21NO2/c1-13-3-7-15(8-4-13)19(22,17-11-12-18(21)20-17)16-9-5-14(2)6-10-16/h3-10,17,22H,11-12H2,1-2H3,(H,20,21)/t17-/m0/s1. The van der Waals surface area contributed by atoms with Crippen molar-refractivity contribution in [3.8, 4) is 0 Å². The molecule has 3 nitrogen and oxygen atoms in total. The fourth-order valence-electron chi connectivity index (χ4n) is 3.11. The van der Waals surface area contributed by atoms with E-state index in [0.717, 1.165) is 22.3 Å². The van der Waals surface area contributed by atoms with Crippen molar-refractivity contribution in [2.45, 2.75) is 38.3 Å². The second kappa shape index (κ2) is 5.58. The van der Waals surface area contributed by atoms with Gasteiger partial charge in [0, 0.05) is 6.42 Å². The number of benzene rings is 2. The van der Waals surface area contributed by atoms with E-state index in [1.807, 2.05) is 62.4 Å². The van der Waals surface area contributed by atoms with Gasteiger partial charge < -0.3 is 10.4 Å². The molecular weight excluding hydrogens is 274 g/mol. The SMILES string of the molecule is Cc1ccc(C(O)(c2ccc(C)cc2)[C@@H]2CCC(=O)N2)cc1. The van der Waals surface area contributed by atoms with E-state index < -0.39 is 5.60 Å². The van der Waals surface area contributed by atoms with Crippen molar-refractivity contribution in [1.29, 1.82) is 0 Å². The van der Waals surface area contributed by atoms with E-state index in [1.165, 1.54) is 0 Å². The summed E-state index contributed by atoms with van der Waals surface area (Å²) in [6.45, 7) is 4.04. The third-order valence-electron chi connectivity index (χ3n) is 4.48. The third-order valence-corrected chi connectivity index (χ3v) is 4.48. The highest BCUT2D eigenvalue weighted by atomic mass is 16.3. The Balaban J connectivity index is 2.10. The molecule has 0 aliphatic carbocycles. The van der Waals surface area contributed by atoms with Crippen molar-refractivity contribution in [2.24, 2.45) is 0 Å². The van der Waals surface area contributed by atoms with Gasteiger partial charge in [-0.1, -0.05) is 59.7 Å². The summed E-state index contributed by atoms with van der Waals surface area (Å²) in [7, 11) is 0. The zero-order chi connectivity index (χ0) is 15.7. The Hall–Kier alpha value is -2.13. The Kier molecular flexibility index (Phi) is 3.75. The van der Waals surface area contributed by atoms with Crippen molar-refractivity contribution in [2.75, 3.05) is 0 Å². The average Bonchev–Trinajstić information content (AvgIpc) is 2.95. The van der Waals surface area contributed by atoms with Gasteiger partial charge in [-0.15, -0.1) is 0 Å². The number of aliphatic hydroxyl groups is 1. The molecule has 1 amide bonds. The van der Waals surface area contributed by atoms with Crippen LogP contribution in [0.2, 0.25) is 0 Å². The number of hydrogen-bond donors (Lipinski definition) is 2. The number of carbonyl (C=O) groups excluding carboxylic acids is 1. The van der Waals surface area contributed by atoms with Crippen molar-refractivity contribution in [3.63, 3.8) is 0 Å². The second-order valence-corrected chi connectivity index (χ2v) is 6.16. The molecule has 2 aromatic carbocycles. The number of carbonyl (C=O) groups is 1. The normalized spacial score (nSPS) is 18.3. The molecule has 1 aliphatic heterocycles. The highest BCUT2D eigenvalue weighted by Gasteiger charge is 2.43. The number of hydrogen-bond acceptors (Lipinski definition) is 2. The van der Waals surface area contributed by atoms with Crippen LogP contribution < -0.4 is 5.32 Å². The van der Waals surface area contributed by atoms with Crippen LogP contribution in [0.3, 0.4) is 0 Å². The fraction of sp³-hybridized carbons (Fsp3) is 0.316. The van der Waals surface area contributed by atoms with E-state index in [4.69, 9.17) is 0 Å². The molecule has 1 aliphatic rings. The first-order chi connectivity index (χ1) is 10.5. The van der Waals surface area contributed by atoms with Gasteiger partial charge in [-0.05, 0) is 31.4 Å². The molecule has 114 valence electrons. The van der Waals surface area contributed by atoms with Gasteiger partial charge in [-0.2, -0.15) is 0 Å². The van der Waals surface area contributed by atoms with Crippen LogP contribution in [0.4, 0.5) is 0 Å². The highest BCUT2D eigenvalue weighted by molar-refractivity contribution is 5.79. The molecule has 0 radical (unpaired) electrons. The van der Waals surface area contributed by atoms with E-state index in [-0.39, 0.29) is 11.9 Å². The fourth-order valence-corrected chi connectivity index (χ4v) is 3.11. The monoisotopic (exact) mass is 295 g/mol. The van der Waals surface area contributed by atoms with Crippen LogP contribution in [0.25, 0.3) is 0 Å². The lowest BCUT2D eigenvalue weighted by molar-refractivity contribution is -0.120. The van der Waals surface area contributed by atoms with Crippen LogP contribution in [0.15, 0.2) is 48.5 Å². The maximum absolute atomic E-state index is 11.6. The average molecular weight is 295 g/mol. The molecule has 0 aromatic heterocycles. The Morgan fingerprint density at radius 2 is 1.41 bits per heavy atom. The van der Waals surface area contributed by atoms with Gasteiger partial charge in [-0.25, -0.2) is 0 Å². The zero-order valence-electron chi connectivity index (χ0n) is 13.0. The molecule has 0 spiro atoms. The van der Waals surface area contributed by atoms with Crippen molar-refractivity contribution < 1.29 is 9.90 Å². The lowest BCUT2D eigenvalue weighted by Gasteiger charge is -2.35. The topological polar surface area (TPSA) is 49.3 Å². The zero-order valence-corrected chi connectivity index (χ0v) is 13.0.